The van der Waals surface area contributed by atoms with Gasteiger partial charge in [0.1, 0.15) is 0 Å². The highest BCUT2D eigenvalue weighted by atomic mass is 16.7. The molecule has 0 N–H and O–H groups in total. The van der Waals surface area contributed by atoms with E-state index in [0.29, 0.717) is 19.6 Å². The number of methoxy groups -OCH3 is 1. The molecular weight excluding hydrogens is 160 g/mol. The van der Waals surface area contributed by atoms with E-state index in [0.717, 1.165) is 0 Å². The molecule has 0 spiro atoms. The normalized spacial score (nSPS) is 20.8. The van der Waals surface area contributed by atoms with Crippen LogP contribution >= 0.6 is 0 Å². The van der Waals surface area contributed by atoms with Gasteiger partial charge in [-0.15, -0.1) is 0 Å². The minimum absolute atomic E-state index is 0.0694. The first-order valence-electron chi connectivity index (χ1n) is 4.04. The van der Waals surface area contributed by atoms with Gasteiger partial charge in [-0.3, -0.25) is 4.79 Å². The molecule has 1 aliphatic rings. The number of carbonyl (C=O) groups excluding carboxylic acids is 1. The molecule has 12 heavy (non-hydrogen) atoms. The van der Waals surface area contributed by atoms with Crippen LogP contribution < -0.4 is 0 Å². The van der Waals surface area contributed by atoms with Crippen molar-refractivity contribution in [2.45, 2.75) is 19.6 Å². The van der Waals surface area contributed by atoms with E-state index < -0.39 is 0 Å². The number of hydrogen-bond acceptors (Lipinski definition) is 4. The molecule has 4 nitrogen and oxygen atoms in total. The van der Waals surface area contributed by atoms with Crippen molar-refractivity contribution in [3.63, 3.8) is 0 Å². The van der Waals surface area contributed by atoms with E-state index in [4.69, 9.17) is 9.47 Å². The number of hydrogen-bond donors (Lipinski definition) is 0. The maximum Gasteiger partial charge on any atom is 0.305 e. The molecule has 4 heteroatoms. The predicted molar refractivity (Wildman–Crippen MR) is 41.5 cm³/mol. The van der Waals surface area contributed by atoms with Gasteiger partial charge in [-0.1, -0.05) is 6.92 Å². The molecule has 1 atom stereocenters. The van der Waals surface area contributed by atoms with Gasteiger partial charge in [-0.05, 0) is 0 Å². The first-order valence-corrected chi connectivity index (χ1v) is 4.04. The van der Waals surface area contributed by atoms with E-state index in [9.17, 15) is 4.79 Å². The first kappa shape index (κ1) is 9.48. The number of esters is 1. The largest absolute Gasteiger partial charge is 0.469 e. The van der Waals surface area contributed by atoms with Crippen LogP contribution in [0.5, 0.6) is 0 Å². The van der Waals surface area contributed by atoms with Crippen molar-refractivity contribution in [1.29, 1.82) is 0 Å². The zero-order chi connectivity index (χ0) is 8.97. The van der Waals surface area contributed by atoms with E-state index in [1.807, 2.05) is 6.92 Å². The Morgan fingerprint density at radius 3 is 2.67 bits per heavy atom. The van der Waals surface area contributed by atoms with Gasteiger partial charge in [0, 0.05) is 5.92 Å². The molecule has 1 saturated heterocycles. The third kappa shape index (κ3) is 2.46. The highest BCUT2D eigenvalue weighted by Crippen LogP contribution is 2.17. The van der Waals surface area contributed by atoms with Crippen molar-refractivity contribution < 1.29 is 19.0 Å². The molecule has 0 aromatic rings. The maximum absolute atomic E-state index is 10.8. The second kappa shape index (κ2) is 4.42. The van der Waals surface area contributed by atoms with Crippen molar-refractivity contribution in [2.24, 2.45) is 5.92 Å². The van der Waals surface area contributed by atoms with E-state index in [1.54, 1.807) is 0 Å². The Kier molecular flexibility index (Phi) is 3.49. The van der Waals surface area contributed by atoms with Crippen molar-refractivity contribution in [3.05, 3.63) is 0 Å². The van der Waals surface area contributed by atoms with Gasteiger partial charge in [0.25, 0.3) is 0 Å². The Morgan fingerprint density at radius 2 is 2.17 bits per heavy atom. The summed E-state index contributed by atoms with van der Waals surface area (Å²) >= 11 is 0. The second-order valence-corrected chi connectivity index (χ2v) is 2.87. The monoisotopic (exact) mass is 174 g/mol. The molecule has 1 aliphatic heterocycles. The fraction of sp³-hybridized carbons (Fsp3) is 0.875. The minimum Gasteiger partial charge on any atom is -0.469 e. The highest BCUT2D eigenvalue weighted by molar-refractivity contribution is 5.69. The van der Waals surface area contributed by atoms with Crippen LogP contribution in [-0.4, -0.2) is 32.6 Å². The smallest absolute Gasteiger partial charge is 0.305 e. The van der Waals surface area contributed by atoms with Crippen LogP contribution in [-0.2, 0) is 19.0 Å². The third-order valence-electron chi connectivity index (χ3n) is 1.83. The van der Waals surface area contributed by atoms with Crippen molar-refractivity contribution >= 4 is 5.97 Å². The zero-order valence-electron chi connectivity index (χ0n) is 7.41. The fourth-order valence-electron chi connectivity index (χ4n) is 1.15. The molecule has 0 saturated carbocycles. The molecule has 0 aromatic heterocycles. The summed E-state index contributed by atoms with van der Waals surface area (Å²) in [5.74, 6) is -0.151. The lowest BCUT2D eigenvalue weighted by Gasteiger charge is -2.15. The minimum atomic E-state index is -0.232. The van der Waals surface area contributed by atoms with Gasteiger partial charge in [0.2, 0.25) is 0 Å². The van der Waals surface area contributed by atoms with Gasteiger partial charge in [-0.25, -0.2) is 0 Å². The Morgan fingerprint density at radius 1 is 1.58 bits per heavy atom. The zero-order valence-corrected chi connectivity index (χ0v) is 7.41. The van der Waals surface area contributed by atoms with Crippen LogP contribution in [0, 0.1) is 5.92 Å². The number of ether oxygens (including phenoxy) is 3. The van der Waals surface area contributed by atoms with Crippen molar-refractivity contribution in [2.75, 3.05) is 20.3 Å². The van der Waals surface area contributed by atoms with Crippen LogP contribution in [0.25, 0.3) is 0 Å². The Hall–Kier alpha value is -0.610. The number of carbonyl (C=O) groups is 1. The van der Waals surface area contributed by atoms with Gasteiger partial charge >= 0.3 is 5.97 Å². The van der Waals surface area contributed by atoms with Crippen LogP contribution in [0.3, 0.4) is 0 Å². The highest BCUT2D eigenvalue weighted by Gasteiger charge is 2.25. The van der Waals surface area contributed by atoms with Gasteiger partial charge < -0.3 is 14.2 Å². The summed E-state index contributed by atoms with van der Waals surface area (Å²) in [6, 6.07) is 0. The molecule has 0 aromatic carbocycles. The van der Waals surface area contributed by atoms with E-state index in [-0.39, 0.29) is 18.2 Å². The van der Waals surface area contributed by atoms with E-state index in [1.165, 1.54) is 7.11 Å². The summed E-state index contributed by atoms with van der Waals surface area (Å²) in [6.45, 7) is 3.15. The summed E-state index contributed by atoms with van der Waals surface area (Å²) in [7, 11) is 1.38. The topological polar surface area (TPSA) is 44.8 Å². The summed E-state index contributed by atoms with van der Waals surface area (Å²) in [5.41, 5.74) is 0. The lowest BCUT2D eigenvalue weighted by atomic mass is 10.1. The van der Waals surface area contributed by atoms with Crippen molar-refractivity contribution in [1.82, 2.24) is 0 Å². The summed E-state index contributed by atoms with van der Waals surface area (Å²) < 4.78 is 15.0. The quantitative estimate of drug-likeness (QED) is 0.586. The molecule has 1 rings (SSSR count). The molecule has 1 fully saturated rings. The molecule has 0 aliphatic carbocycles. The van der Waals surface area contributed by atoms with Gasteiger partial charge in [-0.2, -0.15) is 0 Å². The standard InChI is InChI=1S/C8H14O4/c1-6(5-7(9)10-2)8-11-3-4-12-8/h6,8H,3-5H2,1-2H3. The summed E-state index contributed by atoms with van der Waals surface area (Å²) in [6.07, 6.45) is 0.116. The van der Waals surface area contributed by atoms with Gasteiger partial charge in [0.05, 0.1) is 26.7 Å². The van der Waals surface area contributed by atoms with Crippen molar-refractivity contribution in [3.8, 4) is 0 Å². The average Bonchev–Trinajstić information content (AvgIpc) is 2.56. The fourth-order valence-corrected chi connectivity index (χ4v) is 1.15. The van der Waals surface area contributed by atoms with Crippen LogP contribution in [0.4, 0.5) is 0 Å². The van der Waals surface area contributed by atoms with Crippen LogP contribution in [0.15, 0.2) is 0 Å². The SMILES string of the molecule is COC(=O)CC(C)C1OCCO1. The third-order valence-corrected chi connectivity index (χ3v) is 1.83. The predicted octanol–water partition coefficient (Wildman–Crippen LogP) is 0.558. The summed E-state index contributed by atoms with van der Waals surface area (Å²) in [5, 5.41) is 0. The molecule has 1 unspecified atom stereocenters. The van der Waals surface area contributed by atoms with Crippen LogP contribution in [0.1, 0.15) is 13.3 Å². The lowest BCUT2D eigenvalue weighted by Crippen LogP contribution is -2.22. The molecule has 0 amide bonds. The maximum atomic E-state index is 10.8. The Balaban J connectivity index is 2.26. The molecule has 0 bridgehead atoms. The van der Waals surface area contributed by atoms with Gasteiger partial charge in [0.15, 0.2) is 6.29 Å². The molecule has 0 radical (unpaired) electrons. The first-order chi connectivity index (χ1) is 5.74. The second-order valence-electron chi connectivity index (χ2n) is 2.87. The number of rotatable bonds is 3. The summed E-state index contributed by atoms with van der Waals surface area (Å²) in [4.78, 5) is 10.8. The van der Waals surface area contributed by atoms with E-state index in [2.05, 4.69) is 4.74 Å². The Bertz CT molecular complexity index is 151. The average molecular weight is 174 g/mol. The lowest BCUT2D eigenvalue weighted by molar-refractivity contribution is -0.146. The molecule has 1 heterocycles. The molecule has 70 valence electrons. The van der Waals surface area contributed by atoms with E-state index >= 15 is 0 Å². The Labute approximate surface area is 71.8 Å². The van der Waals surface area contributed by atoms with Crippen LogP contribution in [0.2, 0.25) is 0 Å². The molecular formula is C8H14O4.